The van der Waals surface area contributed by atoms with E-state index < -0.39 is 16.0 Å². The summed E-state index contributed by atoms with van der Waals surface area (Å²) in [5.41, 5.74) is 1.15. The van der Waals surface area contributed by atoms with E-state index in [1.807, 2.05) is 0 Å². The SMILES string of the molecule is CCOC(=O)c1c(S(=O)(=O)N2CCC(C(=O)NC[C@H]3CCCO3)CC2)c(C)n(C)c1C. The highest BCUT2D eigenvalue weighted by Gasteiger charge is 2.38. The van der Waals surface area contributed by atoms with Crippen molar-refractivity contribution < 1.29 is 27.5 Å². The molecule has 2 aliphatic heterocycles. The molecule has 3 rings (SSSR count). The molecule has 3 heterocycles. The molecule has 10 heteroatoms. The van der Waals surface area contributed by atoms with Gasteiger partial charge in [-0.1, -0.05) is 0 Å². The zero-order chi connectivity index (χ0) is 22.8. The van der Waals surface area contributed by atoms with E-state index in [-0.39, 0.29) is 48.1 Å². The molecule has 9 nitrogen and oxygen atoms in total. The molecule has 1 N–H and O–H groups in total. The minimum atomic E-state index is -3.90. The highest BCUT2D eigenvalue weighted by atomic mass is 32.2. The predicted molar refractivity (Wildman–Crippen MR) is 114 cm³/mol. The van der Waals surface area contributed by atoms with Crippen LogP contribution in [0.3, 0.4) is 0 Å². The Kier molecular flexibility index (Phi) is 7.43. The third kappa shape index (κ3) is 4.80. The lowest BCUT2D eigenvalue weighted by Gasteiger charge is -2.31. The van der Waals surface area contributed by atoms with Crippen LogP contribution in [0.5, 0.6) is 0 Å². The van der Waals surface area contributed by atoms with Crippen LogP contribution in [-0.4, -0.2) is 68.1 Å². The van der Waals surface area contributed by atoms with Gasteiger partial charge >= 0.3 is 5.97 Å². The monoisotopic (exact) mass is 455 g/mol. The molecule has 1 aromatic rings. The first-order valence-electron chi connectivity index (χ1n) is 10.9. The summed E-state index contributed by atoms with van der Waals surface area (Å²) in [7, 11) is -2.17. The number of nitrogens with one attached hydrogen (secondary N) is 1. The van der Waals surface area contributed by atoms with Crippen LogP contribution in [0.2, 0.25) is 0 Å². The molecule has 1 atom stereocenters. The van der Waals surface area contributed by atoms with E-state index in [9.17, 15) is 18.0 Å². The van der Waals surface area contributed by atoms with E-state index >= 15 is 0 Å². The fourth-order valence-electron chi connectivity index (χ4n) is 4.33. The van der Waals surface area contributed by atoms with Gasteiger partial charge in [-0.05, 0) is 46.5 Å². The van der Waals surface area contributed by atoms with Crippen LogP contribution in [0.25, 0.3) is 0 Å². The zero-order valence-electron chi connectivity index (χ0n) is 18.8. The number of carbonyl (C=O) groups excluding carboxylic acids is 2. The highest BCUT2D eigenvalue weighted by Crippen LogP contribution is 2.32. The van der Waals surface area contributed by atoms with Gasteiger partial charge in [0.2, 0.25) is 15.9 Å². The number of ether oxygens (including phenoxy) is 2. The molecule has 0 aliphatic carbocycles. The molecule has 0 aromatic carbocycles. The maximum atomic E-state index is 13.5. The molecular weight excluding hydrogens is 422 g/mol. The third-order valence-electron chi connectivity index (χ3n) is 6.35. The molecule has 31 heavy (non-hydrogen) atoms. The summed E-state index contributed by atoms with van der Waals surface area (Å²) in [6, 6.07) is 0. The molecule has 0 unspecified atom stereocenters. The molecule has 174 valence electrons. The average Bonchev–Trinajstić information content (AvgIpc) is 3.35. The predicted octanol–water partition coefficient (Wildman–Crippen LogP) is 1.51. The normalized spacial score (nSPS) is 20.7. The lowest BCUT2D eigenvalue weighted by atomic mass is 9.97. The quantitative estimate of drug-likeness (QED) is 0.625. The second-order valence-electron chi connectivity index (χ2n) is 8.21. The fraction of sp³-hybridized carbons (Fsp3) is 0.714. The molecule has 2 fully saturated rings. The van der Waals surface area contributed by atoms with Crippen LogP contribution < -0.4 is 5.32 Å². The van der Waals surface area contributed by atoms with Gasteiger partial charge in [0.1, 0.15) is 10.5 Å². The van der Waals surface area contributed by atoms with E-state index in [1.165, 1.54) is 4.31 Å². The van der Waals surface area contributed by atoms with E-state index in [4.69, 9.17) is 9.47 Å². The van der Waals surface area contributed by atoms with Gasteiger partial charge < -0.3 is 19.4 Å². The van der Waals surface area contributed by atoms with E-state index in [0.29, 0.717) is 30.8 Å². The number of hydrogen-bond donors (Lipinski definition) is 1. The van der Waals surface area contributed by atoms with Gasteiger partial charge in [0, 0.05) is 50.6 Å². The highest BCUT2D eigenvalue weighted by molar-refractivity contribution is 7.89. The van der Waals surface area contributed by atoms with E-state index in [1.54, 1.807) is 32.4 Å². The number of sulfonamides is 1. The van der Waals surface area contributed by atoms with Crippen LogP contribution in [0.4, 0.5) is 0 Å². The van der Waals surface area contributed by atoms with Crippen LogP contribution in [-0.2, 0) is 31.3 Å². The Balaban J connectivity index is 1.71. The molecule has 2 saturated heterocycles. The van der Waals surface area contributed by atoms with Crippen molar-refractivity contribution in [1.29, 1.82) is 0 Å². The van der Waals surface area contributed by atoms with Gasteiger partial charge in [-0.3, -0.25) is 4.79 Å². The van der Waals surface area contributed by atoms with Crippen molar-refractivity contribution >= 4 is 21.9 Å². The summed E-state index contributed by atoms with van der Waals surface area (Å²) >= 11 is 0. The van der Waals surface area contributed by atoms with Crippen LogP contribution in [0, 0.1) is 19.8 Å². The van der Waals surface area contributed by atoms with Crippen LogP contribution in [0.1, 0.15) is 54.4 Å². The summed E-state index contributed by atoms with van der Waals surface area (Å²) in [4.78, 5) is 25.0. The van der Waals surface area contributed by atoms with Crippen molar-refractivity contribution in [2.24, 2.45) is 13.0 Å². The van der Waals surface area contributed by atoms with Crippen molar-refractivity contribution in [2.75, 3.05) is 32.8 Å². The number of aromatic nitrogens is 1. The molecule has 1 aromatic heterocycles. The number of hydrogen-bond acceptors (Lipinski definition) is 6. The standard InChI is InChI=1S/C21H33N3O6S/c1-5-29-21(26)18-14(2)23(4)15(3)19(18)31(27,28)24-10-8-16(9-11-24)20(25)22-13-17-7-6-12-30-17/h16-17H,5-13H2,1-4H3,(H,22,25)/t17-/m1/s1. The van der Waals surface area contributed by atoms with Gasteiger partial charge in [-0.2, -0.15) is 4.31 Å². The van der Waals surface area contributed by atoms with Crippen molar-refractivity contribution in [3.05, 3.63) is 17.0 Å². The van der Waals surface area contributed by atoms with Gasteiger partial charge in [-0.15, -0.1) is 0 Å². The molecule has 0 radical (unpaired) electrons. The summed E-state index contributed by atoms with van der Waals surface area (Å²) in [6.45, 7) is 6.96. The zero-order valence-corrected chi connectivity index (χ0v) is 19.6. The Bertz CT molecular complexity index is 925. The van der Waals surface area contributed by atoms with E-state index in [0.717, 1.165) is 19.4 Å². The van der Waals surface area contributed by atoms with Crippen molar-refractivity contribution in [3.8, 4) is 0 Å². The third-order valence-corrected chi connectivity index (χ3v) is 8.41. The smallest absolute Gasteiger partial charge is 0.341 e. The van der Waals surface area contributed by atoms with Crippen molar-refractivity contribution in [3.63, 3.8) is 0 Å². The largest absolute Gasteiger partial charge is 0.462 e. The second kappa shape index (κ2) is 9.70. The lowest BCUT2D eigenvalue weighted by Crippen LogP contribution is -2.44. The number of nitrogens with zero attached hydrogens (tertiary/aromatic N) is 2. The maximum Gasteiger partial charge on any atom is 0.341 e. The number of rotatable bonds is 7. The number of esters is 1. The minimum Gasteiger partial charge on any atom is -0.462 e. The van der Waals surface area contributed by atoms with Gasteiger partial charge in [-0.25, -0.2) is 13.2 Å². The first-order valence-corrected chi connectivity index (χ1v) is 12.3. The molecule has 0 bridgehead atoms. The van der Waals surface area contributed by atoms with Gasteiger partial charge in [0.05, 0.1) is 12.7 Å². The molecule has 0 spiro atoms. The number of carbonyl (C=O) groups is 2. The maximum absolute atomic E-state index is 13.5. The minimum absolute atomic E-state index is 0.00670. The summed E-state index contributed by atoms with van der Waals surface area (Å²) in [5.74, 6) is -0.909. The summed E-state index contributed by atoms with van der Waals surface area (Å²) < 4.78 is 40.7. The van der Waals surface area contributed by atoms with Gasteiger partial charge in [0.15, 0.2) is 0 Å². The first-order chi connectivity index (χ1) is 14.7. The Morgan fingerprint density at radius 2 is 1.84 bits per heavy atom. The van der Waals surface area contributed by atoms with Crippen LogP contribution >= 0.6 is 0 Å². The Labute approximate surface area is 184 Å². The van der Waals surface area contributed by atoms with Gasteiger partial charge in [0.25, 0.3) is 0 Å². The topological polar surface area (TPSA) is 107 Å². The number of amides is 1. The lowest BCUT2D eigenvalue weighted by molar-refractivity contribution is -0.126. The summed E-state index contributed by atoms with van der Waals surface area (Å²) in [5, 5.41) is 2.94. The molecule has 1 amide bonds. The molecular formula is C21H33N3O6S. The fourth-order valence-corrected chi connectivity index (χ4v) is 6.28. The molecule has 0 saturated carbocycles. The molecule has 2 aliphatic rings. The first kappa shape index (κ1) is 23.7. The Hall–Kier alpha value is -1.91. The number of piperidine rings is 1. The second-order valence-corrected chi connectivity index (χ2v) is 10.1. The van der Waals surface area contributed by atoms with Crippen LogP contribution in [0.15, 0.2) is 4.90 Å². The summed E-state index contributed by atoms with van der Waals surface area (Å²) in [6.07, 6.45) is 2.93. The average molecular weight is 456 g/mol. The Morgan fingerprint density at radius 1 is 1.16 bits per heavy atom. The van der Waals surface area contributed by atoms with Crippen molar-refractivity contribution in [1.82, 2.24) is 14.2 Å². The Morgan fingerprint density at radius 3 is 2.42 bits per heavy atom. The van der Waals surface area contributed by atoms with E-state index in [2.05, 4.69) is 5.32 Å². The van der Waals surface area contributed by atoms with Crippen molar-refractivity contribution in [2.45, 2.75) is 57.5 Å².